The maximum atomic E-state index is 9.69. The Bertz CT molecular complexity index is 168. The summed E-state index contributed by atoms with van der Waals surface area (Å²) in [5.41, 5.74) is 0. The Labute approximate surface area is 79.5 Å². The number of hydrogen-bond donors (Lipinski definition) is 2. The molecule has 4 nitrogen and oxygen atoms in total. The summed E-state index contributed by atoms with van der Waals surface area (Å²) in [7, 11) is 2.15. The summed E-state index contributed by atoms with van der Waals surface area (Å²) in [4.78, 5) is 4.75. The van der Waals surface area contributed by atoms with Crippen molar-refractivity contribution in [3.05, 3.63) is 0 Å². The Balaban J connectivity index is 1.86. The van der Waals surface area contributed by atoms with Gasteiger partial charge in [-0.3, -0.25) is 4.90 Å². The monoisotopic (exact) mass is 185 g/mol. The van der Waals surface area contributed by atoms with E-state index in [9.17, 15) is 5.11 Å². The molecule has 2 rings (SSSR count). The predicted octanol–water partition coefficient (Wildman–Crippen LogP) is -1.43. The van der Waals surface area contributed by atoms with E-state index in [0.29, 0.717) is 6.04 Å². The Morgan fingerprint density at radius 3 is 2.38 bits per heavy atom. The number of nitrogens with one attached hydrogen (secondary N) is 1. The first-order valence-electron chi connectivity index (χ1n) is 5.09. The predicted molar refractivity (Wildman–Crippen MR) is 51.7 cm³/mol. The van der Waals surface area contributed by atoms with Crippen LogP contribution in [-0.2, 0) is 0 Å². The molecule has 2 aliphatic rings. The number of aliphatic hydroxyl groups excluding tert-OH is 1. The van der Waals surface area contributed by atoms with Crippen molar-refractivity contribution in [1.82, 2.24) is 15.1 Å². The molecule has 0 aliphatic carbocycles. The van der Waals surface area contributed by atoms with Gasteiger partial charge in [-0.05, 0) is 7.05 Å². The summed E-state index contributed by atoms with van der Waals surface area (Å²) in [6.07, 6.45) is -0.164. The lowest BCUT2D eigenvalue weighted by molar-refractivity contribution is 0.0512. The molecule has 2 heterocycles. The fraction of sp³-hybridized carbons (Fsp3) is 1.00. The third kappa shape index (κ3) is 2.02. The van der Waals surface area contributed by atoms with Crippen molar-refractivity contribution in [2.24, 2.45) is 0 Å². The van der Waals surface area contributed by atoms with Gasteiger partial charge in [-0.15, -0.1) is 0 Å². The highest BCUT2D eigenvalue weighted by Crippen LogP contribution is 2.11. The molecule has 0 bridgehead atoms. The van der Waals surface area contributed by atoms with Crippen LogP contribution in [0.5, 0.6) is 0 Å². The third-order valence-corrected chi connectivity index (χ3v) is 3.16. The third-order valence-electron chi connectivity index (χ3n) is 3.16. The van der Waals surface area contributed by atoms with E-state index in [-0.39, 0.29) is 6.10 Å². The van der Waals surface area contributed by atoms with Crippen molar-refractivity contribution in [3.63, 3.8) is 0 Å². The topological polar surface area (TPSA) is 38.7 Å². The zero-order chi connectivity index (χ0) is 9.26. The maximum absolute atomic E-state index is 9.69. The van der Waals surface area contributed by atoms with Crippen LogP contribution in [0, 0.1) is 0 Å². The molecule has 0 amide bonds. The minimum atomic E-state index is -0.164. The molecule has 2 N–H and O–H groups in total. The molecule has 0 spiro atoms. The molecular formula is C9H19N3O. The Morgan fingerprint density at radius 1 is 1.15 bits per heavy atom. The number of hydrogen-bond acceptors (Lipinski definition) is 4. The molecule has 0 radical (unpaired) electrons. The molecule has 1 unspecified atom stereocenters. The summed E-state index contributed by atoms with van der Waals surface area (Å²) in [5, 5.41) is 12.9. The van der Waals surface area contributed by atoms with E-state index in [2.05, 4.69) is 22.2 Å². The van der Waals surface area contributed by atoms with Crippen molar-refractivity contribution in [3.8, 4) is 0 Å². The van der Waals surface area contributed by atoms with E-state index in [1.165, 1.54) is 0 Å². The van der Waals surface area contributed by atoms with Gasteiger partial charge in [0.05, 0.1) is 6.10 Å². The first-order valence-corrected chi connectivity index (χ1v) is 5.09. The SMILES string of the molecule is CN1CCN(C2CNC[C@H]2O)CC1. The van der Waals surface area contributed by atoms with Crippen LogP contribution in [0.1, 0.15) is 0 Å². The Morgan fingerprint density at radius 2 is 1.85 bits per heavy atom. The zero-order valence-electron chi connectivity index (χ0n) is 8.24. The van der Waals surface area contributed by atoms with E-state index in [0.717, 1.165) is 39.3 Å². The van der Waals surface area contributed by atoms with Gasteiger partial charge in [0.15, 0.2) is 0 Å². The van der Waals surface area contributed by atoms with Crippen molar-refractivity contribution in [2.75, 3.05) is 46.3 Å². The van der Waals surface area contributed by atoms with Gasteiger partial charge in [-0.2, -0.15) is 0 Å². The molecular weight excluding hydrogens is 166 g/mol. The molecule has 0 aromatic heterocycles. The van der Waals surface area contributed by atoms with Crippen LogP contribution >= 0.6 is 0 Å². The summed E-state index contributed by atoms with van der Waals surface area (Å²) in [5.74, 6) is 0. The van der Waals surface area contributed by atoms with Gasteiger partial charge >= 0.3 is 0 Å². The lowest BCUT2D eigenvalue weighted by Gasteiger charge is -2.37. The fourth-order valence-corrected chi connectivity index (χ4v) is 2.18. The number of piperazine rings is 1. The first kappa shape index (κ1) is 9.40. The van der Waals surface area contributed by atoms with Crippen LogP contribution in [0.4, 0.5) is 0 Å². The van der Waals surface area contributed by atoms with E-state index in [1.807, 2.05) is 0 Å². The molecule has 76 valence electrons. The second kappa shape index (κ2) is 3.92. The van der Waals surface area contributed by atoms with E-state index in [4.69, 9.17) is 0 Å². The number of rotatable bonds is 1. The molecule has 2 aliphatic heterocycles. The van der Waals surface area contributed by atoms with E-state index in [1.54, 1.807) is 0 Å². The van der Waals surface area contributed by atoms with Crippen LogP contribution in [0.25, 0.3) is 0 Å². The van der Waals surface area contributed by atoms with Gasteiger partial charge < -0.3 is 15.3 Å². The van der Waals surface area contributed by atoms with E-state index >= 15 is 0 Å². The standard InChI is InChI=1S/C9H19N3O/c1-11-2-4-12(5-3-11)8-6-10-7-9(8)13/h8-10,13H,2-7H2,1H3/t8?,9-/m1/s1. The van der Waals surface area contributed by atoms with Crippen LogP contribution in [0.3, 0.4) is 0 Å². The summed E-state index contributed by atoms with van der Waals surface area (Å²) in [6.45, 7) is 6.16. The highest BCUT2D eigenvalue weighted by molar-refractivity contribution is 4.90. The molecule has 4 heteroatoms. The minimum Gasteiger partial charge on any atom is -0.390 e. The zero-order valence-corrected chi connectivity index (χ0v) is 8.24. The lowest BCUT2D eigenvalue weighted by Crippen LogP contribution is -2.52. The smallest absolute Gasteiger partial charge is 0.0831 e. The largest absolute Gasteiger partial charge is 0.390 e. The second-order valence-corrected chi connectivity index (χ2v) is 4.13. The second-order valence-electron chi connectivity index (χ2n) is 4.13. The van der Waals surface area contributed by atoms with Crippen molar-refractivity contribution >= 4 is 0 Å². The quantitative estimate of drug-likeness (QED) is 0.525. The molecule has 13 heavy (non-hydrogen) atoms. The molecule has 0 aromatic rings. The number of likely N-dealkylation sites (N-methyl/N-ethyl adjacent to an activating group) is 1. The summed E-state index contributed by atoms with van der Waals surface area (Å²) < 4.78 is 0. The molecule has 2 atom stereocenters. The van der Waals surface area contributed by atoms with Crippen LogP contribution in [0.2, 0.25) is 0 Å². The lowest BCUT2D eigenvalue weighted by atomic mass is 10.1. The van der Waals surface area contributed by atoms with Gasteiger partial charge in [0.1, 0.15) is 0 Å². The highest BCUT2D eigenvalue weighted by Gasteiger charge is 2.31. The van der Waals surface area contributed by atoms with Crippen molar-refractivity contribution < 1.29 is 5.11 Å². The highest BCUT2D eigenvalue weighted by atomic mass is 16.3. The Kier molecular flexibility index (Phi) is 2.83. The van der Waals surface area contributed by atoms with Crippen molar-refractivity contribution in [1.29, 1.82) is 0 Å². The summed E-state index contributed by atoms with van der Waals surface area (Å²) in [6, 6.07) is 0.355. The van der Waals surface area contributed by atoms with Gasteiger partial charge in [0.2, 0.25) is 0 Å². The van der Waals surface area contributed by atoms with Gasteiger partial charge in [-0.25, -0.2) is 0 Å². The normalized spacial score (nSPS) is 38.3. The molecule has 2 fully saturated rings. The van der Waals surface area contributed by atoms with E-state index < -0.39 is 0 Å². The van der Waals surface area contributed by atoms with Gasteiger partial charge in [0.25, 0.3) is 0 Å². The average Bonchev–Trinajstić information content (AvgIpc) is 2.53. The van der Waals surface area contributed by atoms with Gasteiger partial charge in [0, 0.05) is 45.3 Å². The van der Waals surface area contributed by atoms with Crippen LogP contribution in [-0.4, -0.2) is 73.4 Å². The number of nitrogens with zero attached hydrogens (tertiary/aromatic N) is 2. The van der Waals surface area contributed by atoms with Crippen LogP contribution < -0.4 is 5.32 Å². The fourth-order valence-electron chi connectivity index (χ4n) is 2.18. The first-order chi connectivity index (χ1) is 6.27. The minimum absolute atomic E-state index is 0.164. The molecule has 2 saturated heterocycles. The van der Waals surface area contributed by atoms with Crippen LogP contribution in [0.15, 0.2) is 0 Å². The Hall–Kier alpha value is -0.160. The number of β-amino-alcohol motifs (C(OH)–C–C–N with tert-alkyl or cyclic N) is 1. The summed E-state index contributed by atoms with van der Waals surface area (Å²) >= 11 is 0. The van der Waals surface area contributed by atoms with Crippen molar-refractivity contribution in [2.45, 2.75) is 12.1 Å². The van der Waals surface area contributed by atoms with Gasteiger partial charge in [-0.1, -0.05) is 0 Å². The maximum Gasteiger partial charge on any atom is 0.0831 e. The molecule has 0 saturated carbocycles. The average molecular weight is 185 g/mol. The number of aliphatic hydroxyl groups is 1. The molecule has 0 aromatic carbocycles.